The molecule has 60 valence electrons. The van der Waals surface area contributed by atoms with Crippen molar-refractivity contribution in [2.45, 2.75) is 27.2 Å². The van der Waals surface area contributed by atoms with Gasteiger partial charge in [-0.1, -0.05) is 20.3 Å². The third-order valence-corrected chi connectivity index (χ3v) is 0.669. The van der Waals surface area contributed by atoms with Crippen molar-refractivity contribution in [3.05, 3.63) is 0 Å². The summed E-state index contributed by atoms with van der Waals surface area (Å²) in [7, 11) is 3.48. The zero-order chi connectivity index (χ0) is 8.41. The van der Waals surface area contributed by atoms with Crippen LogP contribution in [-0.2, 0) is 0 Å². The van der Waals surface area contributed by atoms with Crippen LogP contribution in [0.25, 0.3) is 0 Å². The van der Waals surface area contributed by atoms with E-state index in [-0.39, 0.29) is 0 Å². The normalized spacial score (nSPS) is 11.1. The van der Waals surface area contributed by atoms with Gasteiger partial charge < -0.3 is 0 Å². The van der Waals surface area contributed by atoms with Crippen LogP contribution in [-0.4, -0.2) is 26.0 Å². The molecule has 0 amide bonds. The first-order chi connectivity index (χ1) is 4.72. The first kappa shape index (κ1) is 12.1. The topological polar surface area (TPSA) is 24.7 Å². The summed E-state index contributed by atoms with van der Waals surface area (Å²) >= 11 is 0. The lowest BCUT2D eigenvalue weighted by molar-refractivity contribution is 1.09. The molecule has 0 aromatic heterocycles. The summed E-state index contributed by atoms with van der Waals surface area (Å²) in [6.45, 7) is 6.16. The summed E-state index contributed by atoms with van der Waals surface area (Å²) in [6, 6.07) is 0. The SMILES string of the molecule is CCC.CN=CC(C)=NC. The summed E-state index contributed by atoms with van der Waals surface area (Å²) in [5.41, 5.74) is 0.961. The van der Waals surface area contributed by atoms with Crippen LogP contribution in [0, 0.1) is 0 Å². The summed E-state index contributed by atoms with van der Waals surface area (Å²) in [5, 5.41) is 0. The lowest BCUT2D eigenvalue weighted by Crippen LogP contribution is -1.89. The van der Waals surface area contributed by atoms with Gasteiger partial charge in [0.15, 0.2) is 0 Å². The molecule has 0 rings (SSSR count). The van der Waals surface area contributed by atoms with Gasteiger partial charge in [0.05, 0.1) is 0 Å². The zero-order valence-corrected chi connectivity index (χ0v) is 7.68. The van der Waals surface area contributed by atoms with Crippen LogP contribution >= 0.6 is 0 Å². The highest BCUT2D eigenvalue weighted by atomic mass is 14.7. The Hall–Kier alpha value is -0.660. The van der Waals surface area contributed by atoms with E-state index < -0.39 is 0 Å². The highest BCUT2D eigenvalue weighted by molar-refractivity contribution is 6.29. The molecule has 0 aliphatic carbocycles. The Kier molecular flexibility index (Phi) is 13.5. The third kappa shape index (κ3) is 15.7. The zero-order valence-electron chi connectivity index (χ0n) is 7.68. The van der Waals surface area contributed by atoms with Crippen LogP contribution in [0.5, 0.6) is 0 Å². The van der Waals surface area contributed by atoms with E-state index in [1.165, 1.54) is 6.42 Å². The minimum atomic E-state index is 0.961. The van der Waals surface area contributed by atoms with Crippen molar-refractivity contribution in [3.8, 4) is 0 Å². The lowest BCUT2D eigenvalue weighted by Gasteiger charge is -1.80. The van der Waals surface area contributed by atoms with Gasteiger partial charge >= 0.3 is 0 Å². The van der Waals surface area contributed by atoms with Gasteiger partial charge in [-0.05, 0) is 6.92 Å². The second-order valence-electron chi connectivity index (χ2n) is 1.96. The molecule has 0 saturated heterocycles. The van der Waals surface area contributed by atoms with Crippen LogP contribution in [0.2, 0.25) is 0 Å². The number of hydrogen-bond donors (Lipinski definition) is 0. The number of hydrogen-bond acceptors (Lipinski definition) is 2. The van der Waals surface area contributed by atoms with Gasteiger partial charge in [-0.15, -0.1) is 0 Å². The molecular formula is C8H18N2. The molecule has 0 atom stereocenters. The average molecular weight is 142 g/mol. The van der Waals surface area contributed by atoms with E-state index in [0.29, 0.717) is 0 Å². The molecule has 0 spiro atoms. The first-order valence-corrected chi connectivity index (χ1v) is 3.58. The molecule has 0 aliphatic heterocycles. The maximum atomic E-state index is 3.85. The average Bonchev–Trinajstić information content (AvgIpc) is 1.90. The number of aliphatic imine (C=N–C) groups is 2. The summed E-state index contributed by atoms with van der Waals surface area (Å²) in [6.07, 6.45) is 2.97. The monoisotopic (exact) mass is 142 g/mol. The minimum Gasteiger partial charge on any atom is -0.295 e. The van der Waals surface area contributed by atoms with E-state index in [2.05, 4.69) is 23.8 Å². The molecule has 0 heterocycles. The van der Waals surface area contributed by atoms with E-state index in [9.17, 15) is 0 Å². The Morgan fingerprint density at radius 2 is 1.70 bits per heavy atom. The van der Waals surface area contributed by atoms with Crippen molar-refractivity contribution in [3.63, 3.8) is 0 Å². The van der Waals surface area contributed by atoms with Gasteiger partial charge in [0.1, 0.15) is 0 Å². The molecule has 0 aromatic carbocycles. The van der Waals surface area contributed by atoms with E-state index in [4.69, 9.17) is 0 Å². The fraction of sp³-hybridized carbons (Fsp3) is 0.750. The Bertz CT molecular complexity index is 104. The lowest BCUT2D eigenvalue weighted by atomic mass is 10.5. The molecule has 2 heteroatoms. The molecule has 10 heavy (non-hydrogen) atoms. The standard InChI is InChI=1S/C5H10N2.C3H8/c1-5(7-3)4-6-2;1-3-2/h4H,1-3H3;3H2,1-2H3. The van der Waals surface area contributed by atoms with Gasteiger partial charge in [0.2, 0.25) is 0 Å². The van der Waals surface area contributed by atoms with Crippen LogP contribution in [0.1, 0.15) is 27.2 Å². The molecule has 0 fully saturated rings. The maximum Gasteiger partial charge on any atom is 0.0491 e. The quantitative estimate of drug-likeness (QED) is 0.501. The summed E-state index contributed by atoms with van der Waals surface area (Å²) in [5.74, 6) is 0. The maximum absolute atomic E-state index is 3.85. The fourth-order valence-corrected chi connectivity index (χ4v) is 0.245. The van der Waals surface area contributed by atoms with E-state index >= 15 is 0 Å². The smallest absolute Gasteiger partial charge is 0.0491 e. The van der Waals surface area contributed by atoms with Crippen LogP contribution in [0.4, 0.5) is 0 Å². The predicted octanol–water partition coefficient (Wildman–Crippen LogP) is 2.19. The highest BCUT2D eigenvalue weighted by Gasteiger charge is 1.73. The van der Waals surface area contributed by atoms with Gasteiger partial charge in [-0.3, -0.25) is 9.98 Å². The second-order valence-corrected chi connectivity index (χ2v) is 1.96. The molecule has 0 aromatic rings. The van der Waals surface area contributed by atoms with Crippen molar-refractivity contribution >= 4 is 11.9 Å². The molecular weight excluding hydrogens is 124 g/mol. The van der Waals surface area contributed by atoms with Crippen molar-refractivity contribution < 1.29 is 0 Å². The molecule has 0 aliphatic rings. The van der Waals surface area contributed by atoms with E-state index in [0.717, 1.165) is 5.71 Å². The van der Waals surface area contributed by atoms with Gasteiger partial charge in [-0.25, -0.2) is 0 Å². The summed E-state index contributed by atoms with van der Waals surface area (Å²) in [4.78, 5) is 7.60. The van der Waals surface area contributed by atoms with Crippen molar-refractivity contribution in [1.82, 2.24) is 0 Å². The molecule has 0 radical (unpaired) electrons. The largest absolute Gasteiger partial charge is 0.295 e. The Labute approximate surface area is 64.1 Å². The highest BCUT2D eigenvalue weighted by Crippen LogP contribution is 1.65. The van der Waals surface area contributed by atoms with E-state index in [1.807, 2.05) is 6.92 Å². The molecule has 0 unspecified atom stereocenters. The Morgan fingerprint density at radius 1 is 1.30 bits per heavy atom. The Morgan fingerprint density at radius 3 is 1.80 bits per heavy atom. The van der Waals surface area contributed by atoms with Crippen molar-refractivity contribution in [2.75, 3.05) is 14.1 Å². The van der Waals surface area contributed by atoms with Gasteiger partial charge in [0, 0.05) is 26.0 Å². The van der Waals surface area contributed by atoms with Gasteiger partial charge in [-0.2, -0.15) is 0 Å². The van der Waals surface area contributed by atoms with Crippen molar-refractivity contribution in [2.24, 2.45) is 9.98 Å². The molecule has 0 bridgehead atoms. The molecule has 2 nitrogen and oxygen atoms in total. The van der Waals surface area contributed by atoms with Crippen molar-refractivity contribution in [1.29, 1.82) is 0 Å². The number of rotatable bonds is 1. The molecule has 0 saturated carbocycles. The Balaban J connectivity index is 0. The summed E-state index contributed by atoms with van der Waals surface area (Å²) < 4.78 is 0. The van der Waals surface area contributed by atoms with Gasteiger partial charge in [0.25, 0.3) is 0 Å². The fourth-order valence-electron chi connectivity index (χ4n) is 0.245. The number of nitrogens with zero attached hydrogens (tertiary/aromatic N) is 2. The van der Waals surface area contributed by atoms with Crippen LogP contribution in [0.3, 0.4) is 0 Å². The first-order valence-electron chi connectivity index (χ1n) is 3.58. The predicted molar refractivity (Wildman–Crippen MR) is 49.4 cm³/mol. The van der Waals surface area contributed by atoms with Crippen LogP contribution in [0.15, 0.2) is 9.98 Å². The molecule has 0 N–H and O–H groups in total. The second kappa shape index (κ2) is 11.2. The minimum absolute atomic E-state index is 0.961. The van der Waals surface area contributed by atoms with E-state index in [1.54, 1.807) is 20.3 Å². The third-order valence-electron chi connectivity index (χ3n) is 0.669. The van der Waals surface area contributed by atoms with Crippen LogP contribution < -0.4 is 0 Å².